The number of carbonyl (C=O) groups is 1. The van der Waals surface area contributed by atoms with Crippen LogP contribution in [0.3, 0.4) is 0 Å². The van der Waals surface area contributed by atoms with Gasteiger partial charge in [-0.2, -0.15) is 13.2 Å². The number of nitrogens with one attached hydrogen (secondary N) is 1. The van der Waals surface area contributed by atoms with Crippen LogP contribution in [-0.2, 0) is 6.18 Å². The number of aliphatic hydroxyl groups is 1. The highest BCUT2D eigenvalue weighted by Gasteiger charge is 2.34. The zero-order chi connectivity index (χ0) is 16.3. The number of benzene rings is 1. The first-order chi connectivity index (χ1) is 10.3. The number of alkyl halides is 3. The molecule has 2 N–H and O–H groups in total. The van der Waals surface area contributed by atoms with Crippen molar-refractivity contribution in [3.63, 3.8) is 0 Å². The molecule has 1 unspecified atom stereocenters. The number of aliphatic hydroxyl groups excluding tert-OH is 1. The third kappa shape index (κ3) is 3.80. The Morgan fingerprint density at radius 3 is 2.55 bits per heavy atom. The Morgan fingerprint density at radius 2 is 1.95 bits per heavy atom. The predicted octanol–water partition coefficient (Wildman–Crippen LogP) is 3.42. The van der Waals surface area contributed by atoms with Crippen molar-refractivity contribution in [2.75, 3.05) is 6.54 Å². The second-order valence-corrected chi connectivity index (χ2v) is 4.79. The Labute approximate surface area is 128 Å². The van der Waals surface area contributed by atoms with Crippen molar-refractivity contribution in [1.29, 1.82) is 0 Å². The molecule has 2 aromatic rings. The van der Waals surface area contributed by atoms with Crippen LogP contribution in [0.15, 0.2) is 40.8 Å². The molecule has 8 heteroatoms. The largest absolute Gasteiger partial charge is 0.440 e. The molecule has 22 heavy (non-hydrogen) atoms. The Balaban J connectivity index is 2.07. The van der Waals surface area contributed by atoms with E-state index < -0.39 is 30.3 Å². The second-order valence-electron chi connectivity index (χ2n) is 4.41. The molecule has 0 aliphatic heterocycles. The average molecular weight is 334 g/mol. The molecule has 1 aromatic carbocycles. The summed E-state index contributed by atoms with van der Waals surface area (Å²) >= 11 is 5.51. The van der Waals surface area contributed by atoms with Gasteiger partial charge < -0.3 is 14.8 Å². The highest BCUT2D eigenvalue weighted by molar-refractivity contribution is 6.29. The van der Waals surface area contributed by atoms with Crippen molar-refractivity contribution >= 4 is 17.5 Å². The number of amides is 1. The maximum absolute atomic E-state index is 12.8. The van der Waals surface area contributed by atoms with Crippen LogP contribution in [0.25, 0.3) is 0 Å². The molecule has 0 aliphatic rings. The molecule has 0 saturated heterocycles. The number of rotatable bonds is 4. The molecule has 1 amide bonds. The summed E-state index contributed by atoms with van der Waals surface area (Å²) in [7, 11) is 0. The Kier molecular flexibility index (Phi) is 4.77. The lowest BCUT2D eigenvalue weighted by atomic mass is 10.0. The van der Waals surface area contributed by atoms with Crippen LogP contribution in [0.2, 0.25) is 5.22 Å². The minimum Gasteiger partial charge on any atom is -0.440 e. The van der Waals surface area contributed by atoms with Crippen LogP contribution < -0.4 is 5.32 Å². The summed E-state index contributed by atoms with van der Waals surface area (Å²) in [6.07, 6.45) is -6.09. The van der Waals surface area contributed by atoms with Crippen LogP contribution in [0.4, 0.5) is 13.2 Å². The van der Waals surface area contributed by atoms with E-state index in [0.717, 1.165) is 12.1 Å². The molecular formula is C14H11ClF3NO3. The number of hydrogen-bond donors (Lipinski definition) is 2. The van der Waals surface area contributed by atoms with Gasteiger partial charge in [0.05, 0.1) is 11.7 Å². The highest BCUT2D eigenvalue weighted by atomic mass is 35.5. The Bertz CT molecular complexity index is 669. The van der Waals surface area contributed by atoms with Crippen LogP contribution in [0.1, 0.15) is 27.8 Å². The first-order valence-corrected chi connectivity index (χ1v) is 6.54. The molecule has 4 nitrogen and oxygen atoms in total. The first-order valence-electron chi connectivity index (χ1n) is 6.17. The van der Waals surface area contributed by atoms with Gasteiger partial charge in [0.1, 0.15) is 0 Å². The van der Waals surface area contributed by atoms with E-state index in [0.29, 0.717) is 0 Å². The summed E-state index contributed by atoms with van der Waals surface area (Å²) in [6, 6.07) is 7.29. The molecule has 1 heterocycles. The lowest BCUT2D eigenvalue weighted by Gasteiger charge is -2.17. The van der Waals surface area contributed by atoms with Crippen molar-refractivity contribution in [3.8, 4) is 0 Å². The topological polar surface area (TPSA) is 62.5 Å². The lowest BCUT2D eigenvalue weighted by molar-refractivity contribution is -0.139. The van der Waals surface area contributed by atoms with Crippen molar-refractivity contribution in [2.24, 2.45) is 0 Å². The normalized spacial score (nSPS) is 13.0. The summed E-state index contributed by atoms with van der Waals surface area (Å²) in [5, 5.41) is 12.2. The zero-order valence-electron chi connectivity index (χ0n) is 11.0. The van der Waals surface area contributed by atoms with Gasteiger partial charge in [-0.15, -0.1) is 0 Å². The van der Waals surface area contributed by atoms with E-state index in [9.17, 15) is 23.1 Å². The molecule has 2 rings (SSSR count). The van der Waals surface area contributed by atoms with E-state index >= 15 is 0 Å². The lowest BCUT2D eigenvalue weighted by Crippen LogP contribution is -2.29. The van der Waals surface area contributed by atoms with Gasteiger partial charge in [-0.05, 0) is 35.4 Å². The smallest absolute Gasteiger partial charge is 0.416 e. The van der Waals surface area contributed by atoms with Gasteiger partial charge in [-0.25, -0.2) is 0 Å². The predicted molar refractivity (Wildman–Crippen MR) is 72.5 cm³/mol. The van der Waals surface area contributed by atoms with Crippen molar-refractivity contribution < 1.29 is 27.5 Å². The summed E-state index contributed by atoms with van der Waals surface area (Å²) in [5.74, 6) is -0.781. The van der Waals surface area contributed by atoms with Crippen LogP contribution in [0, 0.1) is 0 Å². The van der Waals surface area contributed by atoms with E-state index in [1.165, 1.54) is 24.3 Å². The van der Waals surface area contributed by atoms with Crippen molar-refractivity contribution in [3.05, 3.63) is 58.5 Å². The molecular weight excluding hydrogens is 323 g/mol. The summed E-state index contributed by atoms with van der Waals surface area (Å²) in [6.45, 7) is -0.399. The average Bonchev–Trinajstić information content (AvgIpc) is 2.90. The fourth-order valence-corrected chi connectivity index (χ4v) is 2.01. The maximum atomic E-state index is 12.8. The fourth-order valence-electron chi connectivity index (χ4n) is 1.87. The van der Waals surface area contributed by atoms with E-state index in [1.54, 1.807) is 0 Å². The van der Waals surface area contributed by atoms with Gasteiger partial charge in [0.25, 0.3) is 5.91 Å². The molecule has 1 atom stereocenters. The highest BCUT2D eigenvalue weighted by Crippen LogP contribution is 2.34. The van der Waals surface area contributed by atoms with Gasteiger partial charge in [-0.1, -0.05) is 18.2 Å². The van der Waals surface area contributed by atoms with Crippen LogP contribution >= 0.6 is 11.6 Å². The molecule has 118 valence electrons. The van der Waals surface area contributed by atoms with E-state index in [2.05, 4.69) is 5.32 Å². The van der Waals surface area contributed by atoms with Crippen LogP contribution in [0.5, 0.6) is 0 Å². The number of halogens is 4. The third-order valence-electron chi connectivity index (χ3n) is 2.88. The van der Waals surface area contributed by atoms with Crippen molar-refractivity contribution in [1.82, 2.24) is 5.32 Å². The minimum atomic E-state index is -4.59. The fraction of sp³-hybridized carbons (Fsp3) is 0.214. The molecule has 0 bridgehead atoms. The van der Waals surface area contributed by atoms with Gasteiger partial charge in [0, 0.05) is 6.54 Å². The number of carbonyl (C=O) groups excluding carboxylic acids is 1. The molecule has 1 aromatic heterocycles. The van der Waals surface area contributed by atoms with E-state index in [-0.39, 0.29) is 16.5 Å². The Hall–Kier alpha value is -1.99. The van der Waals surface area contributed by atoms with Crippen molar-refractivity contribution in [2.45, 2.75) is 12.3 Å². The SMILES string of the molecule is O=C(NCC(O)c1ccccc1C(F)(F)F)c1ccc(Cl)o1. The Morgan fingerprint density at radius 1 is 1.27 bits per heavy atom. The van der Waals surface area contributed by atoms with Gasteiger partial charge in [0.15, 0.2) is 11.0 Å². The summed E-state index contributed by atoms with van der Waals surface area (Å²) < 4.78 is 43.4. The molecule has 0 fully saturated rings. The molecule has 0 aliphatic carbocycles. The summed E-state index contributed by atoms with van der Waals surface area (Å²) in [4.78, 5) is 11.7. The van der Waals surface area contributed by atoms with Gasteiger partial charge in [0.2, 0.25) is 0 Å². The van der Waals surface area contributed by atoms with E-state index in [4.69, 9.17) is 16.0 Å². The third-order valence-corrected chi connectivity index (χ3v) is 3.08. The second kappa shape index (κ2) is 6.41. The van der Waals surface area contributed by atoms with Gasteiger partial charge >= 0.3 is 6.18 Å². The number of hydrogen-bond acceptors (Lipinski definition) is 3. The van der Waals surface area contributed by atoms with Crippen LogP contribution in [-0.4, -0.2) is 17.6 Å². The zero-order valence-corrected chi connectivity index (χ0v) is 11.8. The van der Waals surface area contributed by atoms with Gasteiger partial charge in [-0.3, -0.25) is 4.79 Å². The standard InChI is InChI=1S/C14H11ClF3NO3/c15-12-6-5-11(22-12)13(21)19-7-10(20)8-3-1-2-4-9(8)14(16,17)18/h1-6,10,20H,7H2,(H,19,21). The monoisotopic (exact) mass is 333 g/mol. The number of furan rings is 1. The summed E-state index contributed by atoms with van der Waals surface area (Å²) in [5.41, 5.74) is -1.26. The van der Waals surface area contributed by atoms with E-state index in [1.807, 2.05) is 0 Å². The minimum absolute atomic E-state index is 0.00751. The molecule has 0 spiro atoms. The quantitative estimate of drug-likeness (QED) is 0.901. The first kappa shape index (κ1) is 16.4. The molecule has 0 radical (unpaired) electrons. The maximum Gasteiger partial charge on any atom is 0.416 e. The molecule has 0 saturated carbocycles.